The first-order valence-corrected chi connectivity index (χ1v) is 11.0. The van der Waals surface area contributed by atoms with Gasteiger partial charge in [0.25, 0.3) is 0 Å². The molecule has 2 atom stereocenters. The summed E-state index contributed by atoms with van der Waals surface area (Å²) >= 11 is 0. The number of ether oxygens (including phenoxy) is 1. The molecule has 2 heterocycles. The minimum atomic E-state index is -4.60. The number of aromatic nitrogens is 2. The van der Waals surface area contributed by atoms with Gasteiger partial charge in [-0.25, -0.2) is 8.42 Å². The fraction of sp³-hybridized carbons (Fsp3) is 0.550. The van der Waals surface area contributed by atoms with E-state index >= 15 is 0 Å². The van der Waals surface area contributed by atoms with Crippen LogP contribution >= 0.6 is 0 Å². The van der Waals surface area contributed by atoms with Gasteiger partial charge in [0.1, 0.15) is 6.10 Å². The van der Waals surface area contributed by atoms with Crippen LogP contribution in [0.1, 0.15) is 62.6 Å². The Morgan fingerprint density at radius 2 is 1.90 bits per heavy atom. The van der Waals surface area contributed by atoms with Crippen molar-refractivity contribution in [2.45, 2.75) is 66.9 Å². The summed E-state index contributed by atoms with van der Waals surface area (Å²) in [4.78, 5) is -0.314. The number of rotatable bonds is 4. The van der Waals surface area contributed by atoms with E-state index < -0.39 is 32.4 Å². The minimum absolute atomic E-state index is 0.0663. The average Bonchev–Trinajstić information content (AvgIpc) is 3.21. The molecule has 1 saturated heterocycles. The third-order valence-corrected chi connectivity index (χ3v) is 8.79. The van der Waals surface area contributed by atoms with Crippen LogP contribution in [0.15, 0.2) is 35.2 Å². The van der Waals surface area contributed by atoms with Crippen molar-refractivity contribution in [1.29, 1.82) is 0 Å². The van der Waals surface area contributed by atoms with Gasteiger partial charge in [0, 0.05) is 12.0 Å². The van der Waals surface area contributed by atoms with Crippen molar-refractivity contribution in [3.8, 4) is 0 Å². The van der Waals surface area contributed by atoms with Crippen molar-refractivity contribution in [3.63, 3.8) is 0 Å². The summed E-state index contributed by atoms with van der Waals surface area (Å²) < 4.78 is 70.3. The monoisotopic (exact) mass is 428 g/mol. The molecule has 158 valence electrons. The van der Waals surface area contributed by atoms with E-state index in [1.807, 2.05) is 6.07 Å². The van der Waals surface area contributed by atoms with E-state index in [-0.39, 0.29) is 29.8 Å². The summed E-state index contributed by atoms with van der Waals surface area (Å²) in [5.74, 6) is 0. The topological polar surface area (TPSA) is 72.1 Å². The Bertz CT molecular complexity index is 1030. The molecule has 9 heteroatoms. The fourth-order valence-electron chi connectivity index (χ4n) is 3.79. The van der Waals surface area contributed by atoms with Gasteiger partial charge in [-0.05, 0) is 56.9 Å². The van der Waals surface area contributed by atoms with Crippen molar-refractivity contribution < 1.29 is 26.3 Å². The number of benzene rings is 1. The Morgan fingerprint density at radius 3 is 2.55 bits per heavy atom. The lowest BCUT2D eigenvalue weighted by Gasteiger charge is -2.37. The quantitative estimate of drug-likeness (QED) is 0.775. The Hall–Kier alpha value is -1.87. The maximum absolute atomic E-state index is 13.3. The van der Waals surface area contributed by atoms with E-state index in [0.29, 0.717) is 11.8 Å². The van der Waals surface area contributed by atoms with Crippen LogP contribution in [0.5, 0.6) is 0 Å². The van der Waals surface area contributed by atoms with E-state index in [2.05, 4.69) is 17.1 Å². The molecule has 0 amide bonds. The zero-order chi connectivity index (χ0) is 21.1. The molecule has 0 spiro atoms. The molecule has 2 fully saturated rings. The highest BCUT2D eigenvalue weighted by molar-refractivity contribution is 7.92. The Morgan fingerprint density at radius 1 is 1.17 bits per heavy atom. The summed E-state index contributed by atoms with van der Waals surface area (Å²) in [6, 6.07) is 5.86. The molecule has 1 saturated carbocycles. The molecule has 1 aliphatic heterocycles. The zero-order valence-corrected chi connectivity index (χ0v) is 17.0. The van der Waals surface area contributed by atoms with Gasteiger partial charge >= 0.3 is 6.18 Å². The van der Waals surface area contributed by atoms with Gasteiger partial charge in [0.05, 0.1) is 26.6 Å². The molecule has 0 radical (unpaired) electrons. The van der Waals surface area contributed by atoms with E-state index in [4.69, 9.17) is 4.74 Å². The van der Waals surface area contributed by atoms with Crippen molar-refractivity contribution in [2.75, 3.05) is 6.61 Å². The molecule has 1 aliphatic carbocycles. The number of halogens is 3. The first-order valence-electron chi connectivity index (χ1n) is 9.54. The lowest BCUT2D eigenvalue weighted by Crippen LogP contribution is -2.42. The third kappa shape index (κ3) is 3.59. The maximum Gasteiger partial charge on any atom is 0.416 e. The van der Waals surface area contributed by atoms with E-state index in [0.717, 1.165) is 30.7 Å². The normalized spacial score (nSPS) is 27.0. The molecule has 2 aromatic rings. The number of aromatic amines is 1. The Labute approximate surface area is 167 Å². The highest BCUT2D eigenvalue weighted by atomic mass is 32.2. The maximum atomic E-state index is 13.3. The molecular weight excluding hydrogens is 405 g/mol. The largest absolute Gasteiger partial charge is 0.416 e. The van der Waals surface area contributed by atoms with Gasteiger partial charge in [-0.1, -0.05) is 13.0 Å². The van der Waals surface area contributed by atoms with Crippen LogP contribution < -0.4 is 0 Å². The molecule has 1 aromatic carbocycles. The van der Waals surface area contributed by atoms with Gasteiger partial charge in [-0.3, -0.25) is 5.10 Å². The molecular formula is C20H23F3N2O3S. The predicted octanol–water partition coefficient (Wildman–Crippen LogP) is 4.56. The van der Waals surface area contributed by atoms with E-state index in [1.54, 1.807) is 6.92 Å². The lowest BCUT2D eigenvalue weighted by molar-refractivity contribution is -0.137. The van der Waals surface area contributed by atoms with Gasteiger partial charge in [-0.15, -0.1) is 0 Å². The summed E-state index contributed by atoms with van der Waals surface area (Å²) in [5.41, 5.74) is 0.737. The highest BCUT2D eigenvalue weighted by Crippen LogP contribution is 2.48. The molecule has 2 unspecified atom stereocenters. The summed E-state index contributed by atoms with van der Waals surface area (Å²) in [7, 11) is -4.01. The summed E-state index contributed by atoms with van der Waals surface area (Å²) in [5, 5.41) is 7.31. The van der Waals surface area contributed by atoms with Crippen LogP contribution in [-0.4, -0.2) is 30.0 Å². The van der Waals surface area contributed by atoms with Gasteiger partial charge in [-0.2, -0.15) is 18.3 Å². The molecule has 5 nitrogen and oxygen atoms in total. The Balaban J connectivity index is 1.62. The van der Waals surface area contributed by atoms with Crippen molar-refractivity contribution in [2.24, 2.45) is 0 Å². The van der Waals surface area contributed by atoms with E-state index in [9.17, 15) is 21.6 Å². The van der Waals surface area contributed by atoms with Crippen LogP contribution in [0.25, 0.3) is 0 Å². The number of hydrogen-bond donors (Lipinski definition) is 1. The number of nitrogens with one attached hydrogen (secondary N) is 1. The summed E-state index contributed by atoms with van der Waals surface area (Å²) in [6.07, 6.45) is -2.63. The SMILES string of the molecule is CC1(c2cc(C3CC(C)(S(=O)(=O)c4cccc(C(F)(F)F)c4)CCO3)[nH]n2)CC1. The van der Waals surface area contributed by atoms with Crippen molar-refractivity contribution >= 4 is 9.84 Å². The minimum Gasteiger partial charge on any atom is -0.372 e. The van der Waals surface area contributed by atoms with Crippen LogP contribution in [0.3, 0.4) is 0 Å². The van der Waals surface area contributed by atoms with E-state index in [1.165, 1.54) is 6.07 Å². The number of sulfone groups is 1. The predicted molar refractivity (Wildman–Crippen MR) is 100 cm³/mol. The second-order valence-electron chi connectivity index (χ2n) is 8.56. The Kier molecular flexibility index (Phi) is 4.62. The summed E-state index contributed by atoms with van der Waals surface area (Å²) in [6.45, 7) is 3.90. The van der Waals surface area contributed by atoms with Crippen LogP contribution in [0, 0.1) is 0 Å². The van der Waals surface area contributed by atoms with Gasteiger partial charge in [0.15, 0.2) is 9.84 Å². The van der Waals surface area contributed by atoms with Gasteiger partial charge < -0.3 is 4.74 Å². The first-order chi connectivity index (χ1) is 13.4. The fourth-order valence-corrected chi connectivity index (χ4v) is 5.62. The zero-order valence-electron chi connectivity index (χ0n) is 16.2. The smallest absolute Gasteiger partial charge is 0.372 e. The number of hydrogen-bond acceptors (Lipinski definition) is 4. The highest BCUT2D eigenvalue weighted by Gasteiger charge is 2.47. The number of alkyl halides is 3. The standard InChI is InChI=1S/C20H23F3N2O3S/c1-18(6-7-18)17-11-15(24-25-17)16-12-19(2,8-9-28-16)29(26,27)14-5-3-4-13(10-14)20(21,22)23/h3-5,10-11,16H,6-9,12H2,1-2H3,(H,24,25). The van der Waals surface area contributed by atoms with Crippen LogP contribution in [0.4, 0.5) is 13.2 Å². The third-order valence-electron chi connectivity index (χ3n) is 6.25. The second-order valence-corrected chi connectivity index (χ2v) is 11.0. The number of H-pyrrole nitrogens is 1. The van der Waals surface area contributed by atoms with Crippen LogP contribution in [-0.2, 0) is 26.2 Å². The van der Waals surface area contributed by atoms with Crippen molar-refractivity contribution in [3.05, 3.63) is 47.3 Å². The number of nitrogens with zero attached hydrogens (tertiary/aromatic N) is 1. The average molecular weight is 428 g/mol. The molecule has 1 aromatic heterocycles. The first kappa shape index (κ1) is 20.4. The molecule has 1 N–H and O–H groups in total. The molecule has 29 heavy (non-hydrogen) atoms. The molecule has 4 rings (SSSR count). The lowest BCUT2D eigenvalue weighted by atomic mass is 9.94. The van der Waals surface area contributed by atoms with Crippen molar-refractivity contribution in [1.82, 2.24) is 10.2 Å². The molecule has 0 bridgehead atoms. The molecule has 2 aliphatic rings. The van der Waals surface area contributed by atoms with Crippen LogP contribution in [0.2, 0.25) is 0 Å². The second kappa shape index (κ2) is 6.57. The van der Waals surface area contributed by atoms with Gasteiger partial charge in [0.2, 0.25) is 0 Å².